The van der Waals surface area contributed by atoms with Crippen molar-refractivity contribution in [2.24, 2.45) is 0 Å². The monoisotopic (exact) mass is 494 g/mol. The third-order valence-electron chi connectivity index (χ3n) is 5.89. The number of anilines is 2. The predicted octanol–water partition coefficient (Wildman–Crippen LogP) is 2.51. The van der Waals surface area contributed by atoms with Crippen molar-refractivity contribution in [3.8, 4) is 0 Å². The number of carbonyl (C=O) groups excluding carboxylic acids is 2. The van der Waals surface area contributed by atoms with Crippen LogP contribution >= 0.6 is 0 Å². The molecular weight excluding hydrogens is 468 g/mol. The normalized spacial score (nSPS) is 13.4. The van der Waals surface area contributed by atoms with Gasteiger partial charge in [-0.3, -0.25) is 19.7 Å². The van der Waals surface area contributed by atoms with Gasteiger partial charge in [-0.1, -0.05) is 30.3 Å². The number of furan rings is 1. The second-order valence-corrected chi connectivity index (χ2v) is 8.12. The standard InChI is InChI=1S/C24H26N6O6/c1-35-20(31)9-10-29(16-18-6-3-2-4-7-18)23-21(30(33)34)22(25-17-26-23)27-11-13-28(14-12-27)24(32)19-8-5-15-36-19/h2-8,15,17H,9-14,16H2,1H3. The van der Waals surface area contributed by atoms with Crippen LogP contribution in [-0.2, 0) is 16.1 Å². The van der Waals surface area contributed by atoms with Crippen LogP contribution in [0.2, 0.25) is 0 Å². The summed E-state index contributed by atoms with van der Waals surface area (Å²) in [6, 6.07) is 12.7. The highest BCUT2D eigenvalue weighted by Gasteiger charge is 2.33. The number of benzene rings is 1. The second kappa shape index (κ2) is 11.3. The number of ether oxygens (including phenoxy) is 1. The van der Waals surface area contributed by atoms with Crippen LogP contribution in [0.1, 0.15) is 22.5 Å². The number of nitrogens with zero attached hydrogens (tertiary/aromatic N) is 6. The summed E-state index contributed by atoms with van der Waals surface area (Å²) in [4.78, 5) is 49.8. The van der Waals surface area contributed by atoms with Crippen molar-refractivity contribution in [2.75, 3.05) is 49.6 Å². The zero-order valence-corrected chi connectivity index (χ0v) is 19.8. The molecule has 1 aliphatic heterocycles. The summed E-state index contributed by atoms with van der Waals surface area (Å²) in [6.45, 7) is 1.89. The minimum absolute atomic E-state index is 0.0351. The molecule has 36 heavy (non-hydrogen) atoms. The summed E-state index contributed by atoms with van der Waals surface area (Å²) in [5, 5.41) is 12.3. The van der Waals surface area contributed by atoms with Gasteiger partial charge in [-0.15, -0.1) is 0 Å². The first kappa shape index (κ1) is 24.6. The summed E-state index contributed by atoms with van der Waals surface area (Å²) >= 11 is 0. The van der Waals surface area contributed by atoms with E-state index in [-0.39, 0.29) is 42.0 Å². The van der Waals surface area contributed by atoms with E-state index in [1.807, 2.05) is 30.3 Å². The Morgan fingerprint density at radius 1 is 1.11 bits per heavy atom. The van der Waals surface area contributed by atoms with Crippen molar-refractivity contribution in [3.63, 3.8) is 0 Å². The number of aromatic nitrogens is 2. The maximum atomic E-state index is 12.6. The molecule has 1 fully saturated rings. The van der Waals surface area contributed by atoms with Gasteiger partial charge in [0.1, 0.15) is 6.33 Å². The maximum Gasteiger partial charge on any atom is 0.353 e. The van der Waals surface area contributed by atoms with Gasteiger partial charge in [-0.2, -0.15) is 0 Å². The Morgan fingerprint density at radius 3 is 2.50 bits per heavy atom. The Balaban J connectivity index is 1.59. The average Bonchev–Trinajstić information content (AvgIpc) is 3.46. The number of esters is 1. The lowest BCUT2D eigenvalue weighted by molar-refractivity contribution is -0.383. The fourth-order valence-corrected chi connectivity index (χ4v) is 4.06. The van der Waals surface area contributed by atoms with E-state index in [4.69, 9.17) is 9.15 Å². The molecule has 1 saturated heterocycles. The second-order valence-electron chi connectivity index (χ2n) is 8.12. The molecule has 0 radical (unpaired) electrons. The molecule has 12 nitrogen and oxygen atoms in total. The van der Waals surface area contributed by atoms with E-state index in [9.17, 15) is 19.7 Å². The summed E-state index contributed by atoms with van der Waals surface area (Å²) in [5.41, 5.74) is 0.658. The molecule has 1 amide bonds. The van der Waals surface area contributed by atoms with Crippen LogP contribution < -0.4 is 9.80 Å². The van der Waals surface area contributed by atoms with Crippen molar-refractivity contribution in [3.05, 3.63) is 76.5 Å². The van der Waals surface area contributed by atoms with Crippen LogP contribution in [0.5, 0.6) is 0 Å². The van der Waals surface area contributed by atoms with Gasteiger partial charge in [0.2, 0.25) is 11.6 Å². The number of carbonyl (C=O) groups is 2. The summed E-state index contributed by atoms with van der Waals surface area (Å²) in [6.07, 6.45) is 2.76. The lowest BCUT2D eigenvalue weighted by Gasteiger charge is -2.35. The van der Waals surface area contributed by atoms with E-state index in [2.05, 4.69) is 9.97 Å². The molecule has 3 heterocycles. The smallest absolute Gasteiger partial charge is 0.353 e. The van der Waals surface area contributed by atoms with Crippen molar-refractivity contribution in [1.82, 2.24) is 14.9 Å². The van der Waals surface area contributed by atoms with E-state index in [1.165, 1.54) is 19.7 Å². The topological polar surface area (TPSA) is 135 Å². The number of amides is 1. The van der Waals surface area contributed by atoms with Gasteiger partial charge in [0, 0.05) is 39.3 Å². The Morgan fingerprint density at radius 2 is 1.86 bits per heavy atom. The van der Waals surface area contributed by atoms with Gasteiger partial charge in [0.15, 0.2) is 5.76 Å². The van der Waals surface area contributed by atoms with Crippen molar-refractivity contribution < 1.29 is 23.7 Å². The van der Waals surface area contributed by atoms with Gasteiger partial charge in [-0.25, -0.2) is 9.97 Å². The molecule has 0 saturated carbocycles. The average molecular weight is 495 g/mol. The summed E-state index contributed by atoms with van der Waals surface area (Å²) < 4.78 is 9.96. The third kappa shape index (κ3) is 5.59. The highest BCUT2D eigenvalue weighted by atomic mass is 16.6. The molecular formula is C24H26N6O6. The highest BCUT2D eigenvalue weighted by Crippen LogP contribution is 2.35. The molecule has 0 bridgehead atoms. The molecule has 2 aromatic heterocycles. The SMILES string of the molecule is COC(=O)CCN(Cc1ccccc1)c1ncnc(N2CCN(C(=O)c3ccco3)CC2)c1[N+](=O)[O-]. The van der Waals surface area contributed by atoms with Crippen LogP contribution in [-0.4, -0.2) is 71.5 Å². The predicted molar refractivity (Wildman–Crippen MR) is 130 cm³/mol. The van der Waals surface area contributed by atoms with Gasteiger partial charge in [-0.05, 0) is 17.7 Å². The van der Waals surface area contributed by atoms with Crippen LogP contribution in [0.25, 0.3) is 0 Å². The van der Waals surface area contributed by atoms with Gasteiger partial charge in [0.25, 0.3) is 5.91 Å². The lowest BCUT2D eigenvalue weighted by atomic mass is 10.2. The maximum absolute atomic E-state index is 12.6. The number of hydrogen-bond acceptors (Lipinski definition) is 10. The molecule has 0 N–H and O–H groups in total. The Kier molecular flexibility index (Phi) is 7.73. The molecule has 12 heteroatoms. The Hall–Kier alpha value is -4.48. The number of methoxy groups -OCH3 is 1. The molecule has 0 atom stereocenters. The number of nitro groups is 1. The minimum atomic E-state index is -0.499. The summed E-state index contributed by atoms with van der Waals surface area (Å²) in [5.74, 6) is -0.115. The third-order valence-corrected chi connectivity index (χ3v) is 5.89. The van der Waals surface area contributed by atoms with Crippen molar-refractivity contribution >= 4 is 29.2 Å². The molecule has 0 spiro atoms. The van der Waals surface area contributed by atoms with Gasteiger partial charge >= 0.3 is 11.7 Å². The lowest BCUT2D eigenvalue weighted by Crippen LogP contribution is -2.49. The Labute approximate surface area is 207 Å². The van der Waals surface area contributed by atoms with Crippen molar-refractivity contribution in [1.29, 1.82) is 0 Å². The molecule has 0 aliphatic carbocycles. The molecule has 4 rings (SSSR count). The minimum Gasteiger partial charge on any atom is -0.469 e. The first-order chi connectivity index (χ1) is 17.5. The molecule has 0 unspecified atom stereocenters. The van der Waals surface area contributed by atoms with E-state index in [0.717, 1.165) is 5.56 Å². The van der Waals surface area contributed by atoms with Gasteiger partial charge < -0.3 is 23.9 Å². The van der Waals surface area contributed by atoms with E-state index in [1.54, 1.807) is 26.8 Å². The fraction of sp³-hybridized carbons (Fsp3) is 0.333. The van der Waals surface area contributed by atoms with E-state index in [0.29, 0.717) is 32.7 Å². The van der Waals surface area contributed by atoms with Crippen LogP contribution in [0, 0.1) is 10.1 Å². The molecule has 1 aliphatic rings. The fourth-order valence-electron chi connectivity index (χ4n) is 4.06. The molecule has 1 aromatic carbocycles. The Bertz CT molecular complexity index is 1200. The molecule has 3 aromatic rings. The zero-order valence-electron chi connectivity index (χ0n) is 19.8. The number of rotatable bonds is 9. The molecule has 188 valence electrons. The number of piperazine rings is 1. The van der Waals surface area contributed by atoms with Crippen molar-refractivity contribution in [2.45, 2.75) is 13.0 Å². The first-order valence-electron chi connectivity index (χ1n) is 11.4. The summed E-state index contributed by atoms with van der Waals surface area (Å²) in [7, 11) is 1.30. The highest BCUT2D eigenvalue weighted by molar-refractivity contribution is 5.91. The van der Waals surface area contributed by atoms with Crippen LogP contribution in [0.15, 0.2) is 59.5 Å². The van der Waals surface area contributed by atoms with Gasteiger partial charge in [0.05, 0.1) is 24.7 Å². The number of hydrogen-bond donors (Lipinski definition) is 0. The largest absolute Gasteiger partial charge is 0.469 e. The van der Waals surface area contributed by atoms with Crippen LogP contribution in [0.4, 0.5) is 17.3 Å². The van der Waals surface area contributed by atoms with Crippen LogP contribution in [0.3, 0.4) is 0 Å². The first-order valence-corrected chi connectivity index (χ1v) is 11.4. The zero-order chi connectivity index (χ0) is 25.5. The van der Waals surface area contributed by atoms with E-state index >= 15 is 0 Å². The van der Waals surface area contributed by atoms with E-state index < -0.39 is 10.9 Å². The quantitative estimate of drug-likeness (QED) is 0.248.